The van der Waals surface area contributed by atoms with E-state index in [4.69, 9.17) is 11.6 Å². The number of nitrogens with one attached hydrogen (secondary N) is 1. The number of halogens is 1. The van der Waals surface area contributed by atoms with Crippen LogP contribution in [0.5, 0.6) is 0 Å². The first kappa shape index (κ1) is 19.4. The van der Waals surface area contributed by atoms with Gasteiger partial charge in [0.15, 0.2) is 0 Å². The van der Waals surface area contributed by atoms with E-state index in [1.807, 2.05) is 19.1 Å². The van der Waals surface area contributed by atoms with Gasteiger partial charge in [0.25, 0.3) is 5.91 Å². The van der Waals surface area contributed by atoms with Crippen molar-refractivity contribution in [3.63, 3.8) is 0 Å². The number of carbonyl (C=O) groups is 1. The molecule has 0 fully saturated rings. The van der Waals surface area contributed by atoms with Crippen molar-refractivity contribution in [3.8, 4) is 0 Å². The first-order chi connectivity index (χ1) is 11.6. The standard InChI is InChI=1S/C18H21ClN2O3S/c1-12-5-10-16(25(23,24)21(3)4)11-17(12)18(22)20-13(2)14-6-8-15(19)9-7-14/h5-11,13H,1-4H3,(H,20,22)/t13-/m0/s1. The largest absolute Gasteiger partial charge is 0.346 e. The predicted octanol–water partition coefficient (Wildman–Crippen LogP) is 3.39. The van der Waals surface area contributed by atoms with Gasteiger partial charge in [-0.1, -0.05) is 29.8 Å². The molecule has 0 radical (unpaired) electrons. The minimum absolute atomic E-state index is 0.0902. The second kappa shape index (κ2) is 7.56. The maximum atomic E-state index is 12.6. The average molecular weight is 381 g/mol. The number of benzene rings is 2. The summed E-state index contributed by atoms with van der Waals surface area (Å²) >= 11 is 5.88. The van der Waals surface area contributed by atoms with E-state index in [0.29, 0.717) is 16.1 Å². The van der Waals surface area contributed by atoms with E-state index in [9.17, 15) is 13.2 Å². The van der Waals surface area contributed by atoms with Gasteiger partial charge in [0.1, 0.15) is 0 Å². The lowest BCUT2D eigenvalue weighted by Crippen LogP contribution is -2.28. The molecule has 134 valence electrons. The molecule has 1 amide bonds. The molecule has 2 aromatic carbocycles. The Hall–Kier alpha value is -1.89. The van der Waals surface area contributed by atoms with Crippen LogP contribution in [0.4, 0.5) is 0 Å². The topological polar surface area (TPSA) is 66.5 Å². The summed E-state index contributed by atoms with van der Waals surface area (Å²) in [7, 11) is -0.685. The Bertz CT molecular complexity index is 878. The Morgan fingerprint density at radius 1 is 1.12 bits per heavy atom. The van der Waals surface area contributed by atoms with Crippen LogP contribution in [0.2, 0.25) is 5.02 Å². The molecule has 2 rings (SSSR count). The van der Waals surface area contributed by atoms with Crippen LogP contribution < -0.4 is 5.32 Å². The Morgan fingerprint density at radius 3 is 2.28 bits per heavy atom. The van der Waals surface area contributed by atoms with Crippen LogP contribution in [0.3, 0.4) is 0 Å². The number of carbonyl (C=O) groups excluding carboxylic acids is 1. The number of hydrogen-bond acceptors (Lipinski definition) is 3. The lowest BCUT2D eigenvalue weighted by Gasteiger charge is -2.17. The van der Waals surface area contributed by atoms with Crippen LogP contribution in [0.25, 0.3) is 0 Å². The summed E-state index contributed by atoms with van der Waals surface area (Å²) in [5.74, 6) is -0.323. The van der Waals surface area contributed by atoms with Gasteiger partial charge in [-0.25, -0.2) is 12.7 Å². The second-order valence-electron chi connectivity index (χ2n) is 6.01. The second-order valence-corrected chi connectivity index (χ2v) is 8.60. The van der Waals surface area contributed by atoms with Gasteiger partial charge in [-0.15, -0.1) is 0 Å². The van der Waals surface area contributed by atoms with Crippen molar-refractivity contribution in [2.75, 3.05) is 14.1 Å². The highest BCUT2D eigenvalue weighted by molar-refractivity contribution is 7.89. The number of rotatable bonds is 5. The zero-order valence-electron chi connectivity index (χ0n) is 14.6. The highest BCUT2D eigenvalue weighted by atomic mass is 35.5. The first-order valence-electron chi connectivity index (χ1n) is 7.72. The van der Waals surface area contributed by atoms with Crippen molar-refractivity contribution in [1.82, 2.24) is 9.62 Å². The van der Waals surface area contributed by atoms with Gasteiger partial charge in [0.2, 0.25) is 10.0 Å². The smallest absolute Gasteiger partial charge is 0.252 e. The van der Waals surface area contributed by atoms with Crippen LogP contribution in [-0.2, 0) is 10.0 Å². The SMILES string of the molecule is Cc1ccc(S(=O)(=O)N(C)C)cc1C(=O)N[C@@H](C)c1ccc(Cl)cc1. The molecule has 0 aliphatic carbocycles. The van der Waals surface area contributed by atoms with Gasteiger partial charge >= 0.3 is 0 Å². The lowest BCUT2D eigenvalue weighted by molar-refractivity contribution is 0.0939. The molecule has 5 nitrogen and oxygen atoms in total. The highest BCUT2D eigenvalue weighted by Gasteiger charge is 2.21. The molecule has 7 heteroatoms. The Labute approximate surface area is 153 Å². The molecule has 0 unspecified atom stereocenters. The lowest BCUT2D eigenvalue weighted by atomic mass is 10.1. The molecule has 0 spiro atoms. The van der Waals surface area contributed by atoms with Crippen molar-refractivity contribution >= 4 is 27.5 Å². The predicted molar refractivity (Wildman–Crippen MR) is 99.4 cm³/mol. The van der Waals surface area contributed by atoms with Crippen molar-refractivity contribution in [1.29, 1.82) is 0 Å². The van der Waals surface area contributed by atoms with Crippen LogP contribution in [0.1, 0.15) is 34.5 Å². The van der Waals surface area contributed by atoms with E-state index in [2.05, 4.69) is 5.32 Å². The quantitative estimate of drug-likeness (QED) is 0.864. The van der Waals surface area contributed by atoms with Gasteiger partial charge in [0, 0.05) is 24.7 Å². The minimum atomic E-state index is -3.60. The number of hydrogen-bond donors (Lipinski definition) is 1. The zero-order valence-corrected chi connectivity index (χ0v) is 16.1. The van der Waals surface area contributed by atoms with Gasteiger partial charge in [-0.3, -0.25) is 4.79 Å². The normalized spacial score (nSPS) is 12.9. The molecule has 0 saturated carbocycles. The first-order valence-corrected chi connectivity index (χ1v) is 9.54. The molecule has 1 N–H and O–H groups in total. The van der Waals surface area contributed by atoms with E-state index in [-0.39, 0.29) is 16.8 Å². The van der Waals surface area contributed by atoms with Gasteiger partial charge in [-0.2, -0.15) is 0 Å². The molecule has 2 aromatic rings. The highest BCUT2D eigenvalue weighted by Crippen LogP contribution is 2.20. The van der Waals surface area contributed by atoms with Crippen LogP contribution in [-0.4, -0.2) is 32.7 Å². The number of amides is 1. The fraction of sp³-hybridized carbons (Fsp3) is 0.278. The van der Waals surface area contributed by atoms with Crippen LogP contribution >= 0.6 is 11.6 Å². The molecule has 0 heterocycles. The van der Waals surface area contributed by atoms with E-state index < -0.39 is 10.0 Å². The summed E-state index contributed by atoms with van der Waals surface area (Å²) in [5, 5.41) is 3.51. The maximum absolute atomic E-state index is 12.6. The van der Waals surface area contributed by atoms with Gasteiger partial charge < -0.3 is 5.32 Å². The van der Waals surface area contributed by atoms with E-state index >= 15 is 0 Å². The van der Waals surface area contributed by atoms with E-state index in [1.165, 1.54) is 26.2 Å². The van der Waals surface area contributed by atoms with Gasteiger partial charge in [0.05, 0.1) is 10.9 Å². The summed E-state index contributed by atoms with van der Waals surface area (Å²) in [6.07, 6.45) is 0. The van der Waals surface area contributed by atoms with Gasteiger partial charge in [-0.05, 0) is 49.2 Å². The van der Waals surface area contributed by atoms with Crippen molar-refractivity contribution in [3.05, 3.63) is 64.2 Å². The number of sulfonamides is 1. The molecule has 0 aliphatic rings. The third-order valence-corrected chi connectivity index (χ3v) is 6.01. The third-order valence-electron chi connectivity index (χ3n) is 3.95. The summed E-state index contributed by atoms with van der Waals surface area (Å²) in [4.78, 5) is 12.7. The molecule has 0 bridgehead atoms. The fourth-order valence-corrected chi connectivity index (χ4v) is 3.38. The molecule has 1 atom stereocenters. The maximum Gasteiger partial charge on any atom is 0.252 e. The fourth-order valence-electron chi connectivity index (χ4n) is 2.33. The molecule has 0 aromatic heterocycles. The summed E-state index contributed by atoms with van der Waals surface area (Å²) in [6, 6.07) is 11.5. The van der Waals surface area contributed by atoms with Crippen molar-refractivity contribution < 1.29 is 13.2 Å². The Kier molecular flexibility index (Phi) is 5.87. The van der Waals surface area contributed by atoms with Crippen LogP contribution in [0, 0.1) is 6.92 Å². The zero-order chi connectivity index (χ0) is 18.8. The van der Waals surface area contributed by atoms with E-state index in [0.717, 1.165) is 9.87 Å². The Balaban J connectivity index is 2.28. The molecular formula is C18H21ClN2O3S. The summed E-state index contributed by atoms with van der Waals surface area (Å²) < 4.78 is 25.7. The molecular weight excluding hydrogens is 360 g/mol. The average Bonchev–Trinajstić information content (AvgIpc) is 2.55. The van der Waals surface area contributed by atoms with Crippen LogP contribution in [0.15, 0.2) is 47.4 Å². The molecule has 0 aliphatic heterocycles. The monoisotopic (exact) mass is 380 g/mol. The number of aryl methyl sites for hydroxylation is 1. The van der Waals surface area contributed by atoms with E-state index in [1.54, 1.807) is 25.1 Å². The third kappa shape index (κ3) is 4.39. The number of nitrogens with zero attached hydrogens (tertiary/aromatic N) is 1. The summed E-state index contributed by atoms with van der Waals surface area (Å²) in [5.41, 5.74) is 1.95. The van der Waals surface area contributed by atoms with Crippen molar-refractivity contribution in [2.45, 2.75) is 24.8 Å². The molecule has 0 saturated heterocycles. The summed E-state index contributed by atoms with van der Waals surface area (Å²) in [6.45, 7) is 3.63. The minimum Gasteiger partial charge on any atom is -0.346 e. The van der Waals surface area contributed by atoms with Crippen molar-refractivity contribution in [2.24, 2.45) is 0 Å². The Morgan fingerprint density at radius 2 is 1.72 bits per heavy atom. The molecule has 25 heavy (non-hydrogen) atoms.